The molecule has 0 spiro atoms. The molecule has 1 aliphatic heterocycles. The third-order valence-electron chi connectivity index (χ3n) is 4.90. The fraction of sp³-hybridized carbons (Fsp3) is 0.120. The van der Waals surface area contributed by atoms with E-state index < -0.39 is 11.6 Å². The second-order valence-corrected chi connectivity index (χ2v) is 7.41. The summed E-state index contributed by atoms with van der Waals surface area (Å²) in [5, 5.41) is 9.36. The number of carbonyl (C=O) groups excluding carboxylic acids is 1. The normalized spacial score (nSPS) is 15.3. The number of esters is 1. The lowest BCUT2D eigenvalue weighted by atomic mass is 9.94. The summed E-state index contributed by atoms with van der Waals surface area (Å²) in [7, 11) is 0. The van der Waals surface area contributed by atoms with Gasteiger partial charge in [0.25, 0.3) is 0 Å². The van der Waals surface area contributed by atoms with Gasteiger partial charge in [0, 0.05) is 29.1 Å². The van der Waals surface area contributed by atoms with Gasteiger partial charge in [-0.15, -0.1) is 0 Å². The molecule has 5 nitrogen and oxygen atoms in total. The van der Waals surface area contributed by atoms with Crippen molar-refractivity contribution in [3.63, 3.8) is 0 Å². The van der Waals surface area contributed by atoms with Crippen molar-refractivity contribution in [2.45, 2.75) is 19.4 Å². The maximum absolute atomic E-state index is 12.0. The second kappa shape index (κ2) is 7.76. The van der Waals surface area contributed by atoms with Gasteiger partial charge >= 0.3 is 5.97 Å². The zero-order valence-corrected chi connectivity index (χ0v) is 16.7. The third kappa shape index (κ3) is 3.76. The lowest BCUT2D eigenvalue weighted by Crippen LogP contribution is -2.22. The Hall–Kier alpha value is -4.04. The number of carbonyl (C=O) groups is 1. The molecule has 5 heteroatoms. The van der Waals surface area contributed by atoms with Gasteiger partial charge in [-0.25, -0.2) is 4.79 Å². The van der Waals surface area contributed by atoms with Crippen molar-refractivity contribution in [2.75, 3.05) is 0 Å². The van der Waals surface area contributed by atoms with Gasteiger partial charge in [0.05, 0.1) is 11.4 Å². The van der Waals surface area contributed by atoms with Crippen LogP contribution in [0.2, 0.25) is 0 Å². The summed E-state index contributed by atoms with van der Waals surface area (Å²) in [5.74, 6) is -0.585. The molecule has 0 N–H and O–H groups in total. The summed E-state index contributed by atoms with van der Waals surface area (Å²) >= 11 is 0. The number of nitrogens with zero attached hydrogens (tertiary/aromatic N) is 3. The third-order valence-corrected chi connectivity index (χ3v) is 4.90. The van der Waals surface area contributed by atoms with E-state index in [2.05, 4.69) is 9.97 Å². The van der Waals surface area contributed by atoms with E-state index in [1.165, 1.54) is 0 Å². The molecular weight excluding hydrogens is 374 g/mol. The van der Waals surface area contributed by atoms with Crippen LogP contribution in [0.4, 0.5) is 0 Å². The van der Waals surface area contributed by atoms with Crippen molar-refractivity contribution < 1.29 is 9.53 Å². The van der Waals surface area contributed by atoms with Gasteiger partial charge in [-0.3, -0.25) is 9.97 Å². The maximum Gasteiger partial charge on any atom is 0.350 e. The van der Waals surface area contributed by atoms with E-state index in [0.29, 0.717) is 5.57 Å². The first kappa shape index (κ1) is 19.3. The summed E-state index contributed by atoms with van der Waals surface area (Å²) in [6.07, 6.45) is 7.18. The van der Waals surface area contributed by atoms with E-state index in [9.17, 15) is 10.1 Å². The van der Waals surface area contributed by atoms with Crippen LogP contribution in [0.25, 0.3) is 28.6 Å². The number of hydrogen-bond donors (Lipinski definition) is 0. The van der Waals surface area contributed by atoms with Crippen LogP contribution < -0.4 is 0 Å². The van der Waals surface area contributed by atoms with Gasteiger partial charge in [0.2, 0.25) is 0 Å². The summed E-state index contributed by atoms with van der Waals surface area (Å²) in [5.41, 5.74) is 4.26. The number of cyclic esters (lactones) is 1. The highest BCUT2D eigenvalue weighted by molar-refractivity contribution is 5.98. The van der Waals surface area contributed by atoms with Crippen molar-refractivity contribution in [1.29, 1.82) is 5.26 Å². The number of aromatic nitrogens is 2. The SMILES string of the molecule is CC1(C)OC(=O)C(C#N)=C1/C=C/c1cc(-c2ccccn2)cc(-c2ccccn2)c1. The Balaban J connectivity index is 1.82. The van der Waals surface area contributed by atoms with Crippen molar-refractivity contribution in [1.82, 2.24) is 9.97 Å². The summed E-state index contributed by atoms with van der Waals surface area (Å²) in [6, 6.07) is 19.6. The highest BCUT2D eigenvalue weighted by Crippen LogP contribution is 2.34. The first-order valence-electron chi connectivity index (χ1n) is 9.52. The maximum atomic E-state index is 12.0. The molecule has 3 aromatic rings. The minimum absolute atomic E-state index is 0.0436. The van der Waals surface area contributed by atoms with Crippen LogP contribution in [0.3, 0.4) is 0 Å². The quantitative estimate of drug-likeness (QED) is 0.584. The van der Waals surface area contributed by atoms with Gasteiger partial charge < -0.3 is 4.74 Å². The monoisotopic (exact) mass is 393 g/mol. The van der Waals surface area contributed by atoms with Crippen LogP contribution in [0.5, 0.6) is 0 Å². The molecule has 2 aromatic heterocycles. The van der Waals surface area contributed by atoms with Gasteiger partial charge in [0.1, 0.15) is 17.2 Å². The highest BCUT2D eigenvalue weighted by Gasteiger charge is 2.39. The summed E-state index contributed by atoms with van der Waals surface area (Å²) in [6.45, 7) is 3.55. The Morgan fingerprint density at radius 1 is 0.933 bits per heavy atom. The van der Waals surface area contributed by atoms with Crippen LogP contribution in [0.1, 0.15) is 19.4 Å². The predicted molar refractivity (Wildman–Crippen MR) is 115 cm³/mol. The van der Waals surface area contributed by atoms with E-state index >= 15 is 0 Å². The van der Waals surface area contributed by atoms with Gasteiger partial charge in [-0.05, 0) is 61.9 Å². The van der Waals surface area contributed by atoms with Crippen molar-refractivity contribution in [2.24, 2.45) is 0 Å². The van der Waals surface area contributed by atoms with E-state index in [0.717, 1.165) is 28.1 Å². The number of pyridine rings is 2. The summed E-state index contributed by atoms with van der Waals surface area (Å²) < 4.78 is 5.33. The molecule has 0 radical (unpaired) electrons. The average molecular weight is 393 g/mol. The van der Waals surface area contributed by atoms with Crippen molar-refractivity contribution in [3.05, 3.63) is 89.8 Å². The Labute approximate surface area is 175 Å². The molecule has 1 aromatic carbocycles. The van der Waals surface area contributed by atoms with Crippen LogP contribution >= 0.6 is 0 Å². The molecule has 0 bridgehead atoms. The fourth-order valence-corrected chi connectivity index (χ4v) is 3.43. The molecule has 3 heterocycles. The standard InChI is InChI=1S/C25H19N3O2/c1-25(2)21(20(16-26)24(29)30-25)10-9-17-13-18(22-7-3-5-11-27-22)15-19(14-17)23-8-4-6-12-28-23/h3-15H,1-2H3/b10-9+. The molecule has 0 fully saturated rings. The molecule has 0 saturated heterocycles. The van der Waals surface area contributed by atoms with E-state index in [1.807, 2.05) is 66.7 Å². The molecule has 0 aliphatic carbocycles. The zero-order chi connectivity index (χ0) is 21.1. The molecule has 146 valence electrons. The van der Waals surface area contributed by atoms with Crippen LogP contribution in [0, 0.1) is 11.3 Å². The number of benzene rings is 1. The Kier molecular flexibility index (Phi) is 4.99. The molecule has 0 atom stereocenters. The first-order valence-corrected chi connectivity index (χ1v) is 9.52. The lowest BCUT2D eigenvalue weighted by molar-refractivity contribution is -0.144. The lowest BCUT2D eigenvalue weighted by Gasteiger charge is -2.18. The molecule has 0 unspecified atom stereocenters. The number of ether oxygens (including phenoxy) is 1. The Bertz CT molecular complexity index is 1150. The molecular formula is C25H19N3O2. The topological polar surface area (TPSA) is 75.9 Å². The Morgan fingerprint density at radius 2 is 1.53 bits per heavy atom. The molecule has 4 rings (SSSR count). The van der Waals surface area contributed by atoms with Crippen LogP contribution in [-0.2, 0) is 9.53 Å². The molecule has 1 aliphatic rings. The van der Waals surface area contributed by atoms with Gasteiger partial charge in [-0.1, -0.05) is 24.3 Å². The minimum Gasteiger partial charge on any atom is -0.451 e. The summed E-state index contributed by atoms with van der Waals surface area (Å²) in [4.78, 5) is 20.9. The van der Waals surface area contributed by atoms with Crippen LogP contribution in [0.15, 0.2) is 84.2 Å². The first-order chi connectivity index (χ1) is 14.5. The van der Waals surface area contributed by atoms with Crippen LogP contribution in [-0.4, -0.2) is 21.5 Å². The molecule has 0 amide bonds. The van der Waals surface area contributed by atoms with Gasteiger partial charge in [0.15, 0.2) is 0 Å². The van der Waals surface area contributed by atoms with E-state index in [-0.39, 0.29) is 5.57 Å². The van der Waals surface area contributed by atoms with Crippen molar-refractivity contribution >= 4 is 12.0 Å². The van der Waals surface area contributed by atoms with E-state index in [4.69, 9.17) is 4.74 Å². The molecule has 0 saturated carbocycles. The van der Waals surface area contributed by atoms with Gasteiger partial charge in [-0.2, -0.15) is 5.26 Å². The smallest absolute Gasteiger partial charge is 0.350 e. The highest BCUT2D eigenvalue weighted by atomic mass is 16.6. The largest absolute Gasteiger partial charge is 0.451 e. The number of rotatable bonds is 4. The fourth-order valence-electron chi connectivity index (χ4n) is 3.43. The van der Waals surface area contributed by atoms with E-state index in [1.54, 1.807) is 32.3 Å². The average Bonchev–Trinajstić information content (AvgIpc) is 3.00. The zero-order valence-electron chi connectivity index (χ0n) is 16.7. The second-order valence-electron chi connectivity index (χ2n) is 7.41. The Morgan fingerprint density at radius 3 is 2.03 bits per heavy atom. The minimum atomic E-state index is -0.846. The molecule has 30 heavy (non-hydrogen) atoms. The number of hydrogen-bond acceptors (Lipinski definition) is 5. The predicted octanol–water partition coefficient (Wildman–Crippen LogP) is 4.98. The van der Waals surface area contributed by atoms with Crippen molar-refractivity contribution in [3.8, 4) is 28.6 Å². The number of nitriles is 1.